The molecule has 0 amide bonds. The number of hydrogen-bond donors (Lipinski definition) is 2. The van der Waals surface area contributed by atoms with E-state index in [0.717, 1.165) is 16.8 Å². The van der Waals surface area contributed by atoms with E-state index < -0.39 is 10.5 Å². The summed E-state index contributed by atoms with van der Waals surface area (Å²) in [5, 5.41) is 31.6. The fraction of sp³-hybridized carbons (Fsp3) is 0.125. The van der Waals surface area contributed by atoms with Gasteiger partial charge in [0.1, 0.15) is 5.84 Å². The summed E-state index contributed by atoms with van der Waals surface area (Å²) in [5.74, 6) is 0.0246. The number of nitro groups is 1. The van der Waals surface area contributed by atoms with Crippen LogP contribution < -0.4 is 0 Å². The van der Waals surface area contributed by atoms with Crippen LogP contribution in [0.5, 0.6) is 0 Å². The minimum absolute atomic E-state index is 0.0246. The Morgan fingerprint density at radius 3 is 2.10 bits per heavy atom. The average Bonchev–Trinajstić information content (AvgIpc) is 2.96. The highest BCUT2D eigenvalue weighted by Gasteiger charge is 2.48. The summed E-state index contributed by atoms with van der Waals surface area (Å²) in [4.78, 5) is 12.3. The number of nitro benzene ring substituents is 1. The maximum absolute atomic E-state index is 11.7. The summed E-state index contributed by atoms with van der Waals surface area (Å²) < 4.78 is 0. The zero-order chi connectivity index (χ0) is 21.3. The molecular weight excluding hydrogens is 378 g/mol. The molecule has 6 heteroatoms. The lowest BCUT2D eigenvalue weighted by molar-refractivity contribution is -0.384. The molecule has 2 N–H and O–H groups in total. The molecular formula is C24H21N3O3. The van der Waals surface area contributed by atoms with Gasteiger partial charge >= 0.3 is 0 Å². The molecule has 3 aromatic carbocycles. The minimum Gasteiger partial charge on any atom is -0.373 e. The first-order valence-corrected chi connectivity index (χ1v) is 9.57. The van der Waals surface area contributed by atoms with E-state index in [1.807, 2.05) is 67.6 Å². The van der Waals surface area contributed by atoms with Crippen molar-refractivity contribution < 1.29 is 10.0 Å². The number of benzene rings is 3. The predicted octanol–water partition coefficient (Wildman–Crippen LogP) is 4.71. The highest BCUT2D eigenvalue weighted by atomic mass is 16.6. The molecule has 1 atom stereocenters. The van der Waals surface area contributed by atoms with Crippen molar-refractivity contribution in [1.82, 2.24) is 4.90 Å². The van der Waals surface area contributed by atoms with Crippen molar-refractivity contribution in [2.45, 2.75) is 19.1 Å². The summed E-state index contributed by atoms with van der Waals surface area (Å²) in [6, 6.07) is 25.2. The van der Waals surface area contributed by atoms with Gasteiger partial charge in [-0.1, -0.05) is 60.7 Å². The molecule has 0 aromatic heterocycles. The molecule has 4 rings (SSSR count). The molecule has 30 heavy (non-hydrogen) atoms. The van der Waals surface area contributed by atoms with Crippen molar-refractivity contribution in [2.75, 3.05) is 0 Å². The Balaban J connectivity index is 1.84. The summed E-state index contributed by atoms with van der Waals surface area (Å²) >= 11 is 0. The van der Waals surface area contributed by atoms with Gasteiger partial charge in [0.05, 0.1) is 10.6 Å². The maximum Gasteiger partial charge on any atom is 0.269 e. The standard InChI is InChI=1S/C24H21N3O3/c1-17-22(19-10-6-3-7-11-19)26(16-18-8-4-2-5-9-18)23(25)24(17,28)20-12-14-21(15-13-20)27(29)30/h2-15,25,28H,16H2,1H3. The Bertz CT molecular complexity index is 1130. The van der Waals surface area contributed by atoms with Gasteiger partial charge in [-0.2, -0.15) is 0 Å². The second-order valence-electron chi connectivity index (χ2n) is 7.27. The van der Waals surface area contributed by atoms with Gasteiger partial charge in [0.25, 0.3) is 5.69 Å². The molecule has 0 radical (unpaired) electrons. The number of rotatable bonds is 5. The highest BCUT2D eigenvalue weighted by molar-refractivity contribution is 6.04. The summed E-state index contributed by atoms with van der Waals surface area (Å²) in [7, 11) is 0. The summed E-state index contributed by atoms with van der Waals surface area (Å²) in [6.07, 6.45) is 0. The number of hydrogen-bond acceptors (Lipinski definition) is 4. The smallest absolute Gasteiger partial charge is 0.269 e. The fourth-order valence-electron chi connectivity index (χ4n) is 3.93. The second kappa shape index (κ2) is 7.57. The van der Waals surface area contributed by atoms with Crippen molar-refractivity contribution in [3.05, 3.63) is 117 Å². The quantitative estimate of drug-likeness (QED) is 0.480. The Labute approximate surface area is 174 Å². The van der Waals surface area contributed by atoms with E-state index in [-0.39, 0.29) is 11.5 Å². The predicted molar refractivity (Wildman–Crippen MR) is 116 cm³/mol. The van der Waals surface area contributed by atoms with Crippen molar-refractivity contribution >= 4 is 17.2 Å². The number of amidine groups is 1. The van der Waals surface area contributed by atoms with Crippen LogP contribution in [0.15, 0.2) is 90.5 Å². The van der Waals surface area contributed by atoms with E-state index in [9.17, 15) is 15.2 Å². The van der Waals surface area contributed by atoms with Gasteiger partial charge in [-0.15, -0.1) is 0 Å². The van der Waals surface area contributed by atoms with E-state index in [1.54, 1.807) is 4.90 Å². The third-order valence-electron chi connectivity index (χ3n) is 5.51. The normalized spacial score (nSPS) is 18.7. The molecule has 1 heterocycles. The molecule has 1 unspecified atom stereocenters. The van der Waals surface area contributed by atoms with Gasteiger partial charge in [-0.25, -0.2) is 0 Å². The SMILES string of the molecule is CC1=C(c2ccccc2)N(Cc2ccccc2)C(=N)C1(O)c1ccc([N+](=O)[O-])cc1. The first-order chi connectivity index (χ1) is 14.4. The Morgan fingerprint density at radius 1 is 0.967 bits per heavy atom. The molecule has 1 aliphatic rings. The van der Waals surface area contributed by atoms with Crippen LogP contribution in [-0.4, -0.2) is 20.8 Å². The largest absolute Gasteiger partial charge is 0.373 e. The Kier molecular flexibility index (Phi) is 4.93. The molecule has 0 saturated carbocycles. The molecule has 0 fully saturated rings. The number of non-ortho nitro benzene ring substituents is 1. The minimum atomic E-state index is -1.67. The zero-order valence-electron chi connectivity index (χ0n) is 16.4. The zero-order valence-corrected chi connectivity index (χ0v) is 16.4. The Morgan fingerprint density at radius 2 is 1.53 bits per heavy atom. The molecule has 0 saturated heterocycles. The van der Waals surface area contributed by atoms with Crippen molar-refractivity contribution in [3.63, 3.8) is 0 Å². The van der Waals surface area contributed by atoms with Crippen LogP contribution in [0.4, 0.5) is 5.69 Å². The summed E-state index contributed by atoms with van der Waals surface area (Å²) in [5.41, 5.74) is 1.99. The van der Waals surface area contributed by atoms with E-state index >= 15 is 0 Å². The fourth-order valence-corrected chi connectivity index (χ4v) is 3.93. The van der Waals surface area contributed by atoms with Crippen LogP contribution in [0.1, 0.15) is 23.6 Å². The maximum atomic E-state index is 11.7. The van der Waals surface area contributed by atoms with Crippen LogP contribution in [-0.2, 0) is 12.1 Å². The topological polar surface area (TPSA) is 90.5 Å². The molecule has 3 aromatic rings. The molecule has 0 spiro atoms. The van der Waals surface area contributed by atoms with Gasteiger partial charge in [0, 0.05) is 18.7 Å². The summed E-state index contributed by atoms with van der Waals surface area (Å²) in [6.45, 7) is 2.24. The van der Waals surface area contributed by atoms with E-state index in [0.29, 0.717) is 17.7 Å². The molecule has 6 nitrogen and oxygen atoms in total. The number of nitrogens with one attached hydrogen (secondary N) is 1. The lowest BCUT2D eigenvalue weighted by atomic mass is 9.86. The van der Waals surface area contributed by atoms with Crippen molar-refractivity contribution in [2.24, 2.45) is 0 Å². The third-order valence-corrected chi connectivity index (χ3v) is 5.51. The number of nitrogens with zero attached hydrogens (tertiary/aromatic N) is 2. The third kappa shape index (κ3) is 3.17. The van der Waals surface area contributed by atoms with E-state index in [1.165, 1.54) is 24.3 Å². The lowest BCUT2D eigenvalue weighted by Gasteiger charge is -2.28. The average molecular weight is 399 g/mol. The molecule has 0 aliphatic carbocycles. The Hall–Kier alpha value is -3.77. The van der Waals surface area contributed by atoms with Crippen molar-refractivity contribution in [1.29, 1.82) is 5.41 Å². The monoisotopic (exact) mass is 399 g/mol. The van der Waals surface area contributed by atoms with Crippen molar-refractivity contribution in [3.8, 4) is 0 Å². The van der Waals surface area contributed by atoms with Gasteiger partial charge < -0.3 is 10.0 Å². The van der Waals surface area contributed by atoms with E-state index in [4.69, 9.17) is 5.41 Å². The second-order valence-corrected chi connectivity index (χ2v) is 7.27. The van der Waals surface area contributed by atoms with Gasteiger partial charge in [-0.3, -0.25) is 15.5 Å². The molecule has 0 bridgehead atoms. The van der Waals surface area contributed by atoms with Crippen LogP contribution in [0, 0.1) is 15.5 Å². The van der Waals surface area contributed by atoms with Crippen LogP contribution in [0.25, 0.3) is 5.70 Å². The first kappa shape index (κ1) is 19.5. The van der Waals surface area contributed by atoms with Gasteiger partial charge in [-0.05, 0) is 41.3 Å². The highest BCUT2D eigenvalue weighted by Crippen LogP contribution is 2.45. The van der Waals surface area contributed by atoms with Crippen LogP contribution >= 0.6 is 0 Å². The van der Waals surface area contributed by atoms with E-state index in [2.05, 4.69) is 0 Å². The lowest BCUT2D eigenvalue weighted by Crippen LogP contribution is -2.39. The van der Waals surface area contributed by atoms with Crippen LogP contribution in [0.3, 0.4) is 0 Å². The molecule has 150 valence electrons. The number of aliphatic hydroxyl groups is 1. The molecule has 1 aliphatic heterocycles. The first-order valence-electron chi connectivity index (χ1n) is 9.57. The van der Waals surface area contributed by atoms with Gasteiger partial charge in [0.15, 0.2) is 5.60 Å². The van der Waals surface area contributed by atoms with Crippen LogP contribution in [0.2, 0.25) is 0 Å². The van der Waals surface area contributed by atoms with Gasteiger partial charge in [0.2, 0.25) is 0 Å².